The number of hydrogen-bond acceptors (Lipinski definition) is 6. The fourth-order valence-corrected chi connectivity index (χ4v) is 2.50. The molecule has 0 radical (unpaired) electrons. The van der Waals surface area contributed by atoms with Gasteiger partial charge in [-0.3, -0.25) is 0 Å². The first-order valence-electron chi connectivity index (χ1n) is 9.63. The predicted octanol–water partition coefficient (Wildman–Crippen LogP) is 5.16. The summed E-state index contributed by atoms with van der Waals surface area (Å²) in [5.74, 6) is 0.381. The summed E-state index contributed by atoms with van der Waals surface area (Å²) in [6.07, 6.45) is 0.862. The fraction of sp³-hybridized carbons (Fsp3) is 0.391. The molecule has 0 amide bonds. The van der Waals surface area contributed by atoms with Crippen molar-refractivity contribution >= 4 is 23.1 Å². The van der Waals surface area contributed by atoms with Gasteiger partial charge in [-0.2, -0.15) is 4.98 Å². The van der Waals surface area contributed by atoms with Gasteiger partial charge in [-0.15, -0.1) is 0 Å². The maximum Gasteiger partial charge on any atom is 0.350 e. The molecule has 1 heterocycles. The van der Waals surface area contributed by atoms with Crippen molar-refractivity contribution in [2.45, 2.75) is 59.2 Å². The predicted molar refractivity (Wildman–Crippen MR) is 115 cm³/mol. The van der Waals surface area contributed by atoms with Crippen LogP contribution in [0.25, 0.3) is 11.1 Å². The second-order valence-corrected chi connectivity index (χ2v) is 8.10. The van der Waals surface area contributed by atoms with Crippen molar-refractivity contribution in [1.29, 1.82) is 0 Å². The van der Waals surface area contributed by atoms with Crippen LogP contribution < -0.4 is 10.5 Å². The molecule has 0 saturated heterocycles. The molecule has 6 nitrogen and oxygen atoms in total. The van der Waals surface area contributed by atoms with Crippen molar-refractivity contribution in [2.75, 3.05) is 5.73 Å². The van der Waals surface area contributed by atoms with E-state index in [1.165, 1.54) is 0 Å². The summed E-state index contributed by atoms with van der Waals surface area (Å²) < 4.78 is 16.3. The number of oxazole rings is 1. The molecule has 0 fully saturated rings. The maximum atomic E-state index is 12.1. The topological polar surface area (TPSA) is 87.6 Å². The van der Waals surface area contributed by atoms with E-state index in [0.717, 1.165) is 28.8 Å². The van der Waals surface area contributed by atoms with Gasteiger partial charge in [-0.1, -0.05) is 37.3 Å². The van der Waals surface area contributed by atoms with Gasteiger partial charge in [0.25, 0.3) is 6.01 Å². The number of para-hydroxylation sites is 3. The number of benzene rings is 2. The molecule has 29 heavy (non-hydrogen) atoms. The van der Waals surface area contributed by atoms with Crippen LogP contribution in [0.1, 0.15) is 47.1 Å². The number of esters is 1. The summed E-state index contributed by atoms with van der Waals surface area (Å²) in [6.45, 7) is 11.1. The van der Waals surface area contributed by atoms with Crippen LogP contribution in [-0.2, 0) is 16.0 Å². The lowest BCUT2D eigenvalue weighted by molar-refractivity contribution is -0.170. The minimum Gasteiger partial charge on any atom is -0.476 e. The summed E-state index contributed by atoms with van der Waals surface area (Å²) in [5, 5.41) is 0. The normalized spacial score (nSPS) is 11.5. The van der Waals surface area contributed by atoms with Crippen LogP contribution in [0.2, 0.25) is 0 Å². The maximum absolute atomic E-state index is 12.1. The number of aryl methyl sites for hydroxylation is 1. The average Bonchev–Trinajstić information content (AvgIpc) is 3.01. The Morgan fingerprint density at radius 2 is 1.66 bits per heavy atom. The molecule has 6 heteroatoms. The lowest BCUT2D eigenvalue weighted by Gasteiger charge is -2.29. The van der Waals surface area contributed by atoms with E-state index in [-0.39, 0.29) is 12.0 Å². The lowest BCUT2D eigenvalue weighted by Crippen LogP contribution is -2.43. The van der Waals surface area contributed by atoms with E-state index in [9.17, 15) is 4.79 Å². The number of anilines is 1. The largest absolute Gasteiger partial charge is 0.476 e. The number of ether oxygens (including phenoxy) is 2. The Bertz CT molecular complexity index is 922. The second-order valence-electron chi connectivity index (χ2n) is 8.10. The van der Waals surface area contributed by atoms with Crippen molar-refractivity contribution in [1.82, 2.24) is 4.98 Å². The highest BCUT2D eigenvalue weighted by Crippen LogP contribution is 2.25. The second kappa shape index (κ2) is 8.99. The summed E-state index contributed by atoms with van der Waals surface area (Å²) in [6, 6.07) is 15.4. The summed E-state index contributed by atoms with van der Waals surface area (Å²) in [7, 11) is 0. The van der Waals surface area contributed by atoms with Gasteiger partial charge in [0.1, 0.15) is 16.9 Å². The molecule has 1 aromatic heterocycles. The highest BCUT2D eigenvalue weighted by Gasteiger charge is 2.35. The number of carbonyl (C=O) groups is 1. The summed E-state index contributed by atoms with van der Waals surface area (Å²) in [5.41, 5.74) is 6.42. The van der Waals surface area contributed by atoms with Gasteiger partial charge in [0, 0.05) is 0 Å². The molecule has 0 aliphatic carbocycles. The zero-order valence-electron chi connectivity index (χ0n) is 18.0. The molecule has 2 aromatic carbocycles. The third-order valence-electron chi connectivity index (χ3n) is 3.92. The molecule has 3 aromatic rings. The summed E-state index contributed by atoms with van der Waals surface area (Å²) >= 11 is 0. The monoisotopic (exact) mass is 398 g/mol. The van der Waals surface area contributed by atoms with Crippen molar-refractivity contribution in [2.24, 2.45) is 0 Å². The Balaban J connectivity index is 0.000000248. The molecular weight excluding hydrogens is 368 g/mol. The molecule has 0 saturated carbocycles. The number of carbonyl (C=O) groups excluding carboxylic acids is 1. The number of aromatic nitrogens is 1. The minimum atomic E-state index is -1.00. The SMILES string of the molecule is CCc1ccccc1OC(C)(C)C(=O)OC(C)(C)C.Nc1nc2ccccc2o1. The number of nitrogens with zero attached hydrogens (tertiary/aromatic N) is 1. The third kappa shape index (κ3) is 6.52. The molecule has 2 N–H and O–H groups in total. The van der Waals surface area contributed by atoms with Crippen molar-refractivity contribution in [3.63, 3.8) is 0 Å². The fourth-order valence-electron chi connectivity index (χ4n) is 2.50. The highest BCUT2D eigenvalue weighted by molar-refractivity contribution is 5.79. The van der Waals surface area contributed by atoms with Crippen LogP contribution in [0.4, 0.5) is 6.01 Å². The molecular formula is C23H30N2O4. The van der Waals surface area contributed by atoms with E-state index >= 15 is 0 Å². The van der Waals surface area contributed by atoms with Gasteiger partial charge in [0.05, 0.1) is 0 Å². The van der Waals surface area contributed by atoms with Gasteiger partial charge < -0.3 is 19.6 Å². The molecule has 0 unspecified atom stereocenters. The van der Waals surface area contributed by atoms with Crippen LogP contribution in [0.15, 0.2) is 52.9 Å². The zero-order valence-corrected chi connectivity index (χ0v) is 18.0. The smallest absolute Gasteiger partial charge is 0.350 e. The van der Waals surface area contributed by atoms with Crippen LogP contribution in [0.3, 0.4) is 0 Å². The van der Waals surface area contributed by atoms with Crippen LogP contribution >= 0.6 is 0 Å². The Labute approximate surface area is 172 Å². The molecule has 3 rings (SSSR count). The Kier molecular flexibility index (Phi) is 6.90. The molecule has 156 valence electrons. The van der Waals surface area contributed by atoms with Gasteiger partial charge in [0.15, 0.2) is 11.2 Å². The highest BCUT2D eigenvalue weighted by atomic mass is 16.6. The Morgan fingerprint density at radius 3 is 2.28 bits per heavy atom. The standard InChI is InChI=1S/C16H24O3.C7H6N2O/c1-7-12-10-8-9-11-13(12)18-16(5,6)14(17)19-15(2,3)4;8-7-9-5-3-1-2-4-6(5)10-7/h8-11H,7H2,1-6H3;1-4H,(H2,8,9). The van der Waals surface area contributed by atoms with Crippen molar-refractivity contribution in [3.05, 3.63) is 54.1 Å². The first-order valence-corrected chi connectivity index (χ1v) is 9.63. The van der Waals surface area contributed by atoms with Crippen LogP contribution in [0, 0.1) is 0 Å². The number of rotatable bonds is 4. The number of nitrogen functional groups attached to an aromatic ring is 1. The van der Waals surface area contributed by atoms with E-state index in [1.54, 1.807) is 13.8 Å². The molecule has 0 aliphatic rings. The molecule has 0 bridgehead atoms. The number of nitrogens with two attached hydrogens (primary N) is 1. The van der Waals surface area contributed by atoms with E-state index < -0.39 is 11.2 Å². The quantitative estimate of drug-likeness (QED) is 0.611. The van der Waals surface area contributed by atoms with Crippen molar-refractivity contribution < 1.29 is 18.7 Å². The lowest BCUT2D eigenvalue weighted by atomic mass is 10.1. The van der Waals surface area contributed by atoms with Gasteiger partial charge in [-0.25, -0.2) is 4.79 Å². The van der Waals surface area contributed by atoms with E-state index in [4.69, 9.17) is 19.6 Å². The Hall–Kier alpha value is -3.02. The van der Waals surface area contributed by atoms with Gasteiger partial charge >= 0.3 is 5.97 Å². The van der Waals surface area contributed by atoms with E-state index in [2.05, 4.69) is 11.9 Å². The van der Waals surface area contributed by atoms with Gasteiger partial charge in [0.2, 0.25) is 0 Å². The first kappa shape index (κ1) is 22.3. The Morgan fingerprint density at radius 1 is 1.03 bits per heavy atom. The number of fused-ring (bicyclic) bond motifs is 1. The van der Waals surface area contributed by atoms with Crippen LogP contribution in [0.5, 0.6) is 5.75 Å². The molecule has 0 atom stereocenters. The van der Waals surface area contributed by atoms with E-state index in [1.807, 2.05) is 69.3 Å². The minimum absolute atomic E-state index is 0.223. The zero-order chi connectivity index (χ0) is 21.7. The van der Waals surface area contributed by atoms with Crippen molar-refractivity contribution in [3.8, 4) is 5.75 Å². The first-order chi connectivity index (χ1) is 13.5. The third-order valence-corrected chi connectivity index (χ3v) is 3.92. The van der Waals surface area contributed by atoms with Crippen LogP contribution in [-0.4, -0.2) is 22.2 Å². The van der Waals surface area contributed by atoms with E-state index in [0.29, 0.717) is 0 Å². The molecule has 0 aliphatic heterocycles. The average molecular weight is 399 g/mol. The van der Waals surface area contributed by atoms with Gasteiger partial charge in [-0.05, 0) is 64.8 Å². The summed E-state index contributed by atoms with van der Waals surface area (Å²) in [4.78, 5) is 16.1. The number of hydrogen-bond donors (Lipinski definition) is 1. The molecule has 0 spiro atoms.